The van der Waals surface area contributed by atoms with Crippen LogP contribution >= 0.6 is 0 Å². The molecule has 0 aliphatic carbocycles. The maximum Gasteiger partial charge on any atom is 0.270 e. The molecule has 1 aromatic rings. The molecule has 23 heavy (non-hydrogen) atoms. The van der Waals surface area contributed by atoms with E-state index in [1.807, 2.05) is 30.3 Å². The predicted octanol–water partition coefficient (Wildman–Crippen LogP) is 3.51. The van der Waals surface area contributed by atoms with E-state index in [4.69, 9.17) is 0 Å². The highest BCUT2D eigenvalue weighted by molar-refractivity contribution is 5.92. The van der Waals surface area contributed by atoms with Crippen molar-refractivity contribution in [2.24, 2.45) is 11.8 Å². The number of likely N-dealkylation sites (tertiary alicyclic amines) is 1. The zero-order valence-electron chi connectivity index (χ0n) is 15.5. The Morgan fingerprint density at radius 2 is 1.91 bits per heavy atom. The fraction of sp³-hybridized carbons (Fsp3) is 0.737. The lowest BCUT2D eigenvalue weighted by Gasteiger charge is -2.34. The van der Waals surface area contributed by atoms with E-state index in [-0.39, 0.29) is 5.91 Å². The van der Waals surface area contributed by atoms with Gasteiger partial charge in [0.15, 0.2) is 0 Å². The standard InChI is InChI=1S/C19H33N3O/c1-15(2)13-21-11-8-17(9-12-21)14-20(5)19(23)18-7-6-10-22(18)16(3)4/h6-7,10,15-17H,8-9,11-14H2,1-5H3. The van der Waals surface area contributed by atoms with Gasteiger partial charge in [0.2, 0.25) is 0 Å². The molecule has 1 aliphatic rings. The van der Waals surface area contributed by atoms with Gasteiger partial charge in [-0.1, -0.05) is 13.8 Å². The number of rotatable bonds is 6. The summed E-state index contributed by atoms with van der Waals surface area (Å²) in [4.78, 5) is 17.2. The van der Waals surface area contributed by atoms with Crippen LogP contribution in [0.1, 0.15) is 57.1 Å². The highest BCUT2D eigenvalue weighted by atomic mass is 16.2. The van der Waals surface area contributed by atoms with Crippen LogP contribution in [-0.2, 0) is 0 Å². The van der Waals surface area contributed by atoms with Gasteiger partial charge in [-0.2, -0.15) is 0 Å². The molecule has 0 N–H and O–H groups in total. The minimum Gasteiger partial charge on any atom is -0.341 e. The van der Waals surface area contributed by atoms with Gasteiger partial charge in [-0.05, 0) is 63.7 Å². The summed E-state index contributed by atoms with van der Waals surface area (Å²) in [5, 5.41) is 0. The van der Waals surface area contributed by atoms with Gasteiger partial charge in [0.1, 0.15) is 5.69 Å². The molecule has 0 aromatic carbocycles. The van der Waals surface area contributed by atoms with Gasteiger partial charge in [-0.15, -0.1) is 0 Å². The van der Waals surface area contributed by atoms with Crippen molar-refractivity contribution in [3.05, 3.63) is 24.0 Å². The molecule has 0 saturated carbocycles. The second-order valence-electron chi connectivity index (χ2n) is 7.72. The van der Waals surface area contributed by atoms with E-state index >= 15 is 0 Å². The van der Waals surface area contributed by atoms with Gasteiger partial charge in [0.05, 0.1) is 0 Å². The molecule has 1 fully saturated rings. The van der Waals surface area contributed by atoms with Gasteiger partial charge in [0, 0.05) is 32.4 Å². The van der Waals surface area contributed by atoms with Crippen molar-refractivity contribution >= 4 is 5.91 Å². The third-order valence-electron chi connectivity index (χ3n) is 4.76. The molecule has 4 heteroatoms. The summed E-state index contributed by atoms with van der Waals surface area (Å²) in [5.41, 5.74) is 0.805. The third kappa shape index (κ3) is 4.84. The summed E-state index contributed by atoms with van der Waals surface area (Å²) in [6.07, 6.45) is 4.40. The smallest absolute Gasteiger partial charge is 0.270 e. The van der Waals surface area contributed by atoms with Crippen molar-refractivity contribution in [2.75, 3.05) is 33.2 Å². The van der Waals surface area contributed by atoms with E-state index in [0.717, 1.165) is 18.2 Å². The molecule has 0 atom stereocenters. The molecular formula is C19H33N3O. The van der Waals surface area contributed by atoms with Crippen LogP contribution in [0.4, 0.5) is 0 Å². The Bertz CT molecular complexity index is 498. The molecular weight excluding hydrogens is 286 g/mol. The first-order valence-electron chi connectivity index (χ1n) is 9.03. The summed E-state index contributed by atoms with van der Waals surface area (Å²) >= 11 is 0. The first kappa shape index (κ1) is 18.1. The quantitative estimate of drug-likeness (QED) is 0.803. The zero-order valence-corrected chi connectivity index (χ0v) is 15.5. The predicted molar refractivity (Wildman–Crippen MR) is 95.8 cm³/mol. The van der Waals surface area contributed by atoms with Crippen molar-refractivity contribution in [3.63, 3.8) is 0 Å². The third-order valence-corrected chi connectivity index (χ3v) is 4.76. The number of nitrogens with zero attached hydrogens (tertiary/aromatic N) is 3. The number of carbonyl (C=O) groups is 1. The van der Waals surface area contributed by atoms with Crippen molar-refractivity contribution in [1.29, 1.82) is 0 Å². The molecule has 0 unspecified atom stereocenters. The largest absolute Gasteiger partial charge is 0.341 e. The second-order valence-corrected chi connectivity index (χ2v) is 7.72. The van der Waals surface area contributed by atoms with Crippen LogP contribution in [0.2, 0.25) is 0 Å². The van der Waals surface area contributed by atoms with Gasteiger partial charge >= 0.3 is 0 Å². The van der Waals surface area contributed by atoms with Crippen LogP contribution in [0.5, 0.6) is 0 Å². The number of amides is 1. The Balaban J connectivity index is 1.86. The minimum atomic E-state index is 0.147. The van der Waals surface area contributed by atoms with Crippen LogP contribution in [-0.4, -0.2) is 53.5 Å². The SMILES string of the molecule is CC(C)CN1CCC(CN(C)C(=O)c2cccn2C(C)C)CC1. The minimum absolute atomic E-state index is 0.147. The van der Waals surface area contributed by atoms with E-state index in [0.29, 0.717) is 12.0 Å². The molecule has 1 amide bonds. The number of piperidine rings is 1. The summed E-state index contributed by atoms with van der Waals surface area (Å²) in [7, 11) is 1.94. The van der Waals surface area contributed by atoms with Crippen LogP contribution in [0, 0.1) is 11.8 Å². The van der Waals surface area contributed by atoms with E-state index < -0.39 is 0 Å². The first-order chi connectivity index (χ1) is 10.9. The summed E-state index contributed by atoms with van der Waals surface area (Å²) in [6.45, 7) is 13.2. The summed E-state index contributed by atoms with van der Waals surface area (Å²) in [6, 6.07) is 4.21. The fourth-order valence-electron chi connectivity index (χ4n) is 3.56. The van der Waals surface area contributed by atoms with Crippen LogP contribution in [0.25, 0.3) is 0 Å². The zero-order chi connectivity index (χ0) is 17.0. The average molecular weight is 319 g/mol. The second kappa shape index (κ2) is 8.00. The Morgan fingerprint density at radius 1 is 1.26 bits per heavy atom. The number of carbonyl (C=O) groups excluding carboxylic acids is 1. The molecule has 1 saturated heterocycles. The average Bonchev–Trinajstić information content (AvgIpc) is 2.97. The molecule has 2 heterocycles. The Labute approximate surface area is 141 Å². The van der Waals surface area contributed by atoms with E-state index in [9.17, 15) is 4.79 Å². The Morgan fingerprint density at radius 3 is 2.48 bits per heavy atom. The monoisotopic (exact) mass is 319 g/mol. The Hall–Kier alpha value is -1.29. The maximum absolute atomic E-state index is 12.7. The highest BCUT2D eigenvalue weighted by Gasteiger charge is 2.24. The van der Waals surface area contributed by atoms with Gasteiger partial charge in [-0.3, -0.25) is 4.79 Å². The van der Waals surface area contributed by atoms with Gasteiger partial charge in [-0.25, -0.2) is 0 Å². The molecule has 0 radical (unpaired) electrons. The van der Waals surface area contributed by atoms with Gasteiger partial charge in [0.25, 0.3) is 5.91 Å². The molecule has 0 bridgehead atoms. The van der Waals surface area contributed by atoms with Crippen molar-refractivity contribution < 1.29 is 4.79 Å². The van der Waals surface area contributed by atoms with Crippen molar-refractivity contribution in [1.82, 2.24) is 14.4 Å². The van der Waals surface area contributed by atoms with Crippen LogP contribution < -0.4 is 0 Å². The summed E-state index contributed by atoms with van der Waals surface area (Å²) in [5.74, 6) is 1.52. The van der Waals surface area contributed by atoms with Crippen molar-refractivity contribution in [3.8, 4) is 0 Å². The molecule has 1 aromatic heterocycles. The fourth-order valence-corrected chi connectivity index (χ4v) is 3.56. The lowest BCUT2D eigenvalue weighted by atomic mass is 9.95. The molecule has 2 rings (SSSR count). The highest BCUT2D eigenvalue weighted by Crippen LogP contribution is 2.20. The molecule has 130 valence electrons. The van der Waals surface area contributed by atoms with Crippen molar-refractivity contribution in [2.45, 2.75) is 46.6 Å². The van der Waals surface area contributed by atoms with Crippen LogP contribution in [0.3, 0.4) is 0 Å². The first-order valence-corrected chi connectivity index (χ1v) is 9.03. The molecule has 1 aliphatic heterocycles. The van der Waals surface area contributed by atoms with Crippen LogP contribution in [0.15, 0.2) is 18.3 Å². The maximum atomic E-state index is 12.7. The normalized spacial score (nSPS) is 17.2. The van der Waals surface area contributed by atoms with Gasteiger partial charge < -0.3 is 14.4 Å². The van der Waals surface area contributed by atoms with E-state index in [1.54, 1.807) is 0 Å². The summed E-state index contributed by atoms with van der Waals surface area (Å²) < 4.78 is 2.06. The topological polar surface area (TPSA) is 28.5 Å². The lowest BCUT2D eigenvalue weighted by molar-refractivity contribution is 0.0724. The molecule has 0 spiro atoms. The number of aromatic nitrogens is 1. The number of hydrogen-bond donors (Lipinski definition) is 0. The Kier molecular flexibility index (Phi) is 6.28. The van der Waals surface area contributed by atoms with E-state index in [1.165, 1.54) is 32.5 Å². The lowest BCUT2D eigenvalue weighted by Crippen LogP contribution is -2.40. The van der Waals surface area contributed by atoms with E-state index in [2.05, 4.69) is 37.2 Å². The number of hydrogen-bond acceptors (Lipinski definition) is 2. The molecule has 4 nitrogen and oxygen atoms in total.